The van der Waals surface area contributed by atoms with Crippen molar-refractivity contribution in [2.24, 2.45) is 0 Å². The minimum atomic E-state index is 0.0358. The van der Waals surface area contributed by atoms with Gasteiger partial charge in [0, 0.05) is 12.1 Å². The molecule has 1 aliphatic rings. The molecule has 2 heterocycles. The minimum Gasteiger partial charge on any atom is -0.407 e. The molecule has 1 aromatic rings. The van der Waals surface area contributed by atoms with Gasteiger partial charge in [0.05, 0.1) is 25.3 Å². The fraction of sp³-hybridized carbons (Fsp3) is 0.857. The Morgan fingerprint density at radius 3 is 2.75 bits per heavy atom. The van der Waals surface area contributed by atoms with Crippen LogP contribution in [-0.2, 0) is 11.3 Å². The highest BCUT2D eigenvalue weighted by Crippen LogP contribution is 2.22. The maximum Gasteiger partial charge on any atom is 0.318 e. The van der Waals surface area contributed by atoms with Crippen molar-refractivity contribution in [2.45, 2.75) is 65.3 Å². The van der Waals surface area contributed by atoms with Crippen molar-refractivity contribution < 1.29 is 9.15 Å². The first-order valence-corrected chi connectivity index (χ1v) is 7.34. The number of nitrogens with one attached hydrogen (secondary N) is 1. The van der Waals surface area contributed by atoms with Crippen molar-refractivity contribution in [3.05, 3.63) is 5.89 Å². The second-order valence-electron chi connectivity index (χ2n) is 6.44. The van der Waals surface area contributed by atoms with Crippen LogP contribution in [0.15, 0.2) is 4.42 Å². The van der Waals surface area contributed by atoms with E-state index in [-0.39, 0.29) is 11.6 Å². The molecule has 1 saturated heterocycles. The largest absolute Gasteiger partial charge is 0.407 e. The smallest absolute Gasteiger partial charge is 0.318 e. The highest BCUT2D eigenvalue weighted by molar-refractivity contribution is 5.28. The first kappa shape index (κ1) is 15.3. The predicted octanol–water partition coefficient (Wildman–Crippen LogP) is 1.96. The molecule has 0 bridgehead atoms. The molecule has 6 heteroatoms. The van der Waals surface area contributed by atoms with Gasteiger partial charge in [-0.2, -0.15) is 0 Å². The number of nitrogens with zero attached hydrogens (tertiary/aromatic N) is 3. The van der Waals surface area contributed by atoms with Gasteiger partial charge < -0.3 is 19.4 Å². The zero-order valence-electron chi connectivity index (χ0n) is 13.1. The molecule has 0 aliphatic carbocycles. The van der Waals surface area contributed by atoms with Crippen LogP contribution in [0.5, 0.6) is 0 Å². The summed E-state index contributed by atoms with van der Waals surface area (Å²) in [7, 11) is 0. The van der Waals surface area contributed by atoms with Crippen LogP contribution in [0.1, 0.15) is 46.9 Å². The fourth-order valence-electron chi connectivity index (χ4n) is 2.19. The van der Waals surface area contributed by atoms with Gasteiger partial charge in [0.15, 0.2) is 0 Å². The third kappa shape index (κ3) is 3.93. The van der Waals surface area contributed by atoms with E-state index >= 15 is 0 Å². The Labute approximate surface area is 120 Å². The van der Waals surface area contributed by atoms with Crippen LogP contribution >= 0.6 is 0 Å². The second-order valence-corrected chi connectivity index (χ2v) is 6.44. The average Bonchev–Trinajstić information content (AvgIpc) is 2.84. The molecule has 1 N–H and O–H groups in total. The lowest BCUT2D eigenvalue weighted by Gasteiger charge is -2.36. The summed E-state index contributed by atoms with van der Waals surface area (Å²) in [5, 5.41) is 11.7. The lowest BCUT2D eigenvalue weighted by atomic mass is 10.1. The first-order valence-electron chi connectivity index (χ1n) is 7.34. The maximum atomic E-state index is 5.78. The summed E-state index contributed by atoms with van der Waals surface area (Å²) in [6.45, 7) is 12.7. The molecule has 0 radical (unpaired) electrons. The normalized spacial score (nSPS) is 24.1. The van der Waals surface area contributed by atoms with Gasteiger partial charge in [0.25, 0.3) is 0 Å². The summed E-state index contributed by atoms with van der Waals surface area (Å²) >= 11 is 0. The van der Waals surface area contributed by atoms with E-state index in [2.05, 4.69) is 55.0 Å². The summed E-state index contributed by atoms with van der Waals surface area (Å²) < 4.78 is 11.5. The van der Waals surface area contributed by atoms with E-state index in [9.17, 15) is 0 Å². The Balaban J connectivity index is 2.03. The van der Waals surface area contributed by atoms with Crippen LogP contribution in [0.4, 0.5) is 6.01 Å². The van der Waals surface area contributed by atoms with Gasteiger partial charge >= 0.3 is 6.01 Å². The summed E-state index contributed by atoms with van der Waals surface area (Å²) in [6.07, 6.45) is 1.20. The average molecular weight is 282 g/mol. The molecule has 2 rings (SSSR count). The molecule has 2 atom stereocenters. The highest BCUT2D eigenvalue weighted by atomic mass is 16.5. The molecule has 1 aliphatic heterocycles. The van der Waals surface area contributed by atoms with E-state index in [0.717, 1.165) is 19.6 Å². The monoisotopic (exact) mass is 282 g/mol. The Morgan fingerprint density at radius 1 is 1.35 bits per heavy atom. The molecule has 0 saturated carbocycles. The highest BCUT2D eigenvalue weighted by Gasteiger charge is 2.29. The van der Waals surface area contributed by atoms with Gasteiger partial charge in [0.2, 0.25) is 5.89 Å². The summed E-state index contributed by atoms with van der Waals surface area (Å²) in [6, 6.07) is 0.924. The number of aromatic nitrogens is 2. The van der Waals surface area contributed by atoms with Crippen molar-refractivity contribution in [2.75, 3.05) is 18.1 Å². The van der Waals surface area contributed by atoms with Gasteiger partial charge in [-0.1, -0.05) is 12.0 Å². The van der Waals surface area contributed by atoms with Crippen molar-refractivity contribution in [1.29, 1.82) is 0 Å². The SMILES string of the molecule is CCC1COC(C)CN1c1nnc(CNC(C)(C)C)o1. The van der Waals surface area contributed by atoms with Crippen molar-refractivity contribution >= 4 is 6.01 Å². The fourth-order valence-corrected chi connectivity index (χ4v) is 2.19. The molecule has 20 heavy (non-hydrogen) atoms. The number of hydrogen-bond donors (Lipinski definition) is 1. The van der Waals surface area contributed by atoms with Crippen molar-refractivity contribution in [3.63, 3.8) is 0 Å². The number of morpholine rings is 1. The van der Waals surface area contributed by atoms with Crippen molar-refractivity contribution in [1.82, 2.24) is 15.5 Å². The Morgan fingerprint density at radius 2 is 2.10 bits per heavy atom. The lowest BCUT2D eigenvalue weighted by molar-refractivity contribution is 0.0277. The molecule has 1 fully saturated rings. The Kier molecular flexibility index (Phi) is 4.65. The molecule has 0 amide bonds. The third-order valence-corrected chi connectivity index (χ3v) is 3.41. The molecular weight excluding hydrogens is 256 g/mol. The summed E-state index contributed by atoms with van der Waals surface area (Å²) in [5.41, 5.74) is 0.0358. The number of ether oxygens (including phenoxy) is 1. The van der Waals surface area contributed by atoms with E-state index in [4.69, 9.17) is 9.15 Å². The molecule has 1 aromatic heterocycles. The van der Waals surface area contributed by atoms with E-state index in [1.165, 1.54) is 0 Å². The predicted molar refractivity (Wildman–Crippen MR) is 77.7 cm³/mol. The Hall–Kier alpha value is -1.14. The number of rotatable bonds is 4. The van der Waals surface area contributed by atoms with E-state index in [1.54, 1.807) is 0 Å². The minimum absolute atomic E-state index is 0.0358. The van der Waals surface area contributed by atoms with Crippen LogP contribution in [0.2, 0.25) is 0 Å². The molecule has 0 aromatic carbocycles. The van der Waals surface area contributed by atoms with E-state index in [0.29, 0.717) is 24.5 Å². The zero-order valence-corrected chi connectivity index (χ0v) is 13.1. The Bertz CT molecular complexity index is 427. The quantitative estimate of drug-likeness (QED) is 0.911. The molecule has 114 valence electrons. The summed E-state index contributed by atoms with van der Waals surface area (Å²) in [4.78, 5) is 2.17. The molecule has 2 unspecified atom stereocenters. The molecular formula is C14H26N4O2. The van der Waals surface area contributed by atoms with Gasteiger partial charge in [-0.3, -0.25) is 0 Å². The van der Waals surface area contributed by atoms with E-state index in [1.807, 2.05) is 0 Å². The summed E-state index contributed by atoms with van der Waals surface area (Å²) in [5.74, 6) is 0.629. The van der Waals surface area contributed by atoms with Crippen LogP contribution < -0.4 is 10.2 Å². The topological polar surface area (TPSA) is 63.4 Å². The second kappa shape index (κ2) is 6.10. The van der Waals surface area contributed by atoms with Gasteiger partial charge in [0.1, 0.15) is 0 Å². The number of hydrogen-bond acceptors (Lipinski definition) is 6. The zero-order chi connectivity index (χ0) is 14.8. The van der Waals surface area contributed by atoms with E-state index < -0.39 is 0 Å². The maximum absolute atomic E-state index is 5.78. The van der Waals surface area contributed by atoms with Crippen LogP contribution in [0, 0.1) is 0 Å². The van der Waals surface area contributed by atoms with Crippen LogP contribution in [-0.4, -0.2) is 41.0 Å². The first-order chi connectivity index (χ1) is 9.39. The number of anilines is 1. The van der Waals surface area contributed by atoms with Crippen LogP contribution in [0.25, 0.3) is 0 Å². The van der Waals surface area contributed by atoms with Gasteiger partial charge in [-0.25, -0.2) is 0 Å². The molecule has 0 spiro atoms. The standard InChI is InChI=1S/C14H26N4O2/c1-6-11-9-19-10(2)8-18(11)13-17-16-12(20-13)7-15-14(3,4)5/h10-11,15H,6-9H2,1-5H3. The van der Waals surface area contributed by atoms with Gasteiger partial charge in [-0.15, -0.1) is 5.10 Å². The third-order valence-electron chi connectivity index (χ3n) is 3.41. The van der Waals surface area contributed by atoms with Gasteiger partial charge in [-0.05, 0) is 34.1 Å². The molecule has 6 nitrogen and oxygen atoms in total. The van der Waals surface area contributed by atoms with Crippen molar-refractivity contribution in [3.8, 4) is 0 Å². The van der Waals surface area contributed by atoms with Crippen LogP contribution in [0.3, 0.4) is 0 Å². The lowest BCUT2D eigenvalue weighted by Crippen LogP contribution is -2.48.